The van der Waals surface area contributed by atoms with Gasteiger partial charge in [0, 0.05) is 16.8 Å². The van der Waals surface area contributed by atoms with Crippen LogP contribution in [0.5, 0.6) is 0 Å². The zero-order valence-electron chi connectivity index (χ0n) is 11.2. The van der Waals surface area contributed by atoms with E-state index in [0.29, 0.717) is 12.2 Å². The SMILES string of the molecule is CCc1nc(CNc2cccc(NC(=O)CO)c2)cs1. The number of rotatable bonds is 6. The van der Waals surface area contributed by atoms with Crippen LogP contribution in [-0.2, 0) is 17.8 Å². The Morgan fingerprint density at radius 1 is 1.40 bits per heavy atom. The summed E-state index contributed by atoms with van der Waals surface area (Å²) >= 11 is 1.66. The minimum absolute atomic E-state index is 0.422. The molecule has 2 rings (SSSR count). The minimum Gasteiger partial charge on any atom is -0.387 e. The van der Waals surface area contributed by atoms with E-state index in [9.17, 15) is 4.79 Å². The predicted octanol–water partition coefficient (Wildman–Crippen LogP) is 2.25. The van der Waals surface area contributed by atoms with Crippen LogP contribution in [0.2, 0.25) is 0 Å². The lowest BCUT2D eigenvalue weighted by Gasteiger charge is -2.08. The number of nitrogens with one attached hydrogen (secondary N) is 2. The van der Waals surface area contributed by atoms with Crippen molar-refractivity contribution < 1.29 is 9.90 Å². The number of hydrogen-bond donors (Lipinski definition) is 3. The third-order valence-electron chi connectivity index (χ3n) is 2.67. The zero-order chi connectivity index (χ0) is 14.4. The van der Waals surface area contributed by atoms with E-state index in [2.05, 4.69) is 22.5 Å². The number of hydrogen-bond acceptors (Lipinski definition) is 5. The molecule has 0 spiro atoms. The number of carbonyl (C=O) groups is 1. The maximum Gasteiger partial charge on any atom is 0.250 e. The Bertz CT molecular complexity index is 583. The molecule has 0 radical (unpaired) electrons. The Labute approximate surface area is 121 Å². The summed E-state index contributed by atoms with van der Waals surface area (Å²) in [5.41, 5.74) is 2.56. The quantitative estimate of drug-likeness (QED) is 0.763. The lowest BCUT2D eigenvalue weighted by molar-refractivity contribution is -0.118. The molecule has 6 heteroatoms. The van der Waals surface area contributed by atoms with Gasteiger partial charge in [-0.05, 0) is 24.6 Å². The molecule has 0 aliphatic carbocycles. The molecule has 5 nitrogen and oxygen atoms in total. The van der Waals surface area contributed by atoms with Crippen molar-refractivity contribution in [2.45, 2.75) is 19.9 Å². The number of aromatic nitrogens is 1. The number of aliphatic hydroxyl groups is 1. The largest absolute Gasteiger partial charge is 0.387 e. The molecule has 0 saturated heterocycles. The highest BCUT2D eigenvalue weighted by Gasteiger charge is 2.02. The van der Waals surface area contributed by atoms with E-state index < -0.39 is 12.5 Å². The van der Waals surface area contributed by atoms with Crippen LogP contribution in [0, 0.1) is 0 Å². The van der Waals surface area contributed by atoms with Gasteiger partial charge in [-0.15, -0.1) is 11.3 Å². The molecule has 0 fully saturated rings. The molecule has 0 aliphatic heterocycles. The molecule has 1 aromatic carbocycles. The lowest BCUT2D eigenvalue weighted by Crippen LogP contribution is -2.15. The summed E-state index contributed by atoms with van der Waals surface area (Å²) in [6.45, 7) is 2.22. The second-order valence-corrected chi connectivity index (χ2v) is 5.17. The minimum atomic E-state index is -0.518. The molecule has 106 valence electrons. The molecule has 0 atom stereocenters. The summed E-state index contributed by atoms with van der Waals surface area (Å²) in [6, 6.07) is 7.35. The standard InChI is InChI=1S/C14H17N3O2S/c1-2-14-17-12(9-20-14)7-15-10-4-3-5-11(6-10)16-13(19)8-18/h3-6,9,15,18H,2,7-8H2,1H3,(H,16,19). The Kier molecular flexibility index (Phi) is 5.09. The number of benzene rings is 1. The third-order valence-corrected chi connectivity index (χ3v) is 3.71. The highest BCUT2D eigenvalue weighted by Crippen LogP contribution is 2.17. The van der Waals surface area contributed by atoms with Crippen molar-refractivity contribution in [1.82, 2.24) is 4.98 Å². The monoisotopic (exact) mass is 291 g/mol. The fraction of sp³-hybridized carbons (Fsp3) is 0.286. The van der Waals surface area contributed by atoms with E-state index in [4.69, 9.17) is 5.11 Å². The van der Waals surface area contributed by atoms with Crippen LogP contribution in [0.4, 0.5) is 11.4 Å². The molecule has 20 heavy (non-hydrogen) atoms. The van der Waals surface area contributed by atoms with Gasteiger partial charge in [0.1, 0.15) is 6.61 Å². The summed E-state index contributed by atoms with van der Waals surface area (Å²) < 4.78 is 0. The number of aryl methyl sites for hydroxylation is 1. The van der Waals surface area contributed by atoms with Crippen LogP contribution in [0.1, 0.15) is 17.6 Å². The topological polar surface area (TPSA) is 74.2 Å². The smallest absolute Gasteiger partial charge is 0.250 e. The summed E-state index contributed by atoms with van der Waals surface area (Å²) in [5, 5.41) is 17.7. The third kappa shape index (κ3) is 4.04. The number of thiazole rings is 1. The molecule has 1 heterocycles. The average molecular weight is 291 g/mol. The molecule has 0 saturated carbocycles. The normalized spacial score (nSPS) is 10.3. The van der Waals surface area contributed by atoms with Crippen molar-refractivity contribution in [3.8, 4) is 0 Å². The van der Waals surface area contributed by atoms with Crippen LogP contribution >= 0.6 is 11.3 Å². The van der Waals surface area contributed by atoms with Gasteiger partial charge in [-0.3, -0.25) is 4.79 Å². The summed E-state index contributed by atoms with van der Waals surface area (Å²) in [7, 11) is 0. The van der Waals surface area contributed by atoms with E-state index in [1.54, 1.807) is 17.4 Å². The van der Waals surface area contributed by atoms with Gasteiger partial charge in [0.15, 0.2) is 0 Å². The predicted molar refractivity (Wildman–Crippen MR) is 81.0 cm³/mol. The molecule has 2 aromatic rings. The molecule has 0 bridgehead atoms. The van der Waals surface area contributed by atoms with Crippen molar-refractivity contribution in [1.29, 1.82) is 0 Å². The zero-order valence-corrected chi connectivity index (χ0v) is 12.0. The maximum absolute atomic E-state index is 11.1. The van der Waals surface area contributed by atoms with Gasteiger partial charge in [-0.25, -0.2) is 4.98 Å². The Morgan fingerprint density at radius 3 is 2.90 bits per heavy atom. The van der Waals surface area contributed by atoms with Crippen LogP contribution in [-0.4, -0.2) is 22.6 Å². The summed E-state index contributed by atoms with van der Waals surface area (Å²) in [4.78, 5) is 15.6. The van der Waals surface area contributed by atoms with Gasteiger partial charge in [0.2, 0.25) is 5.91 Å². The first-order valence-corrected chi connectivity index (χ1v) is 7.27. The van der Waals surface area contributed by atoms with Gasteiger partial charge in [0.05, 0.1) is 17.2 Å². The highest BCUT2D eigenvalue weighted by atomic mass is 32.1. The fourth-order valence-electron chi connectivity index (χ4n) is 1.69. The Balaban J connectivity index is 1.95. The molecular weight excluding hydrogens is 274 g/mol. The van der Waals surface area contributed by atoms with E-state index in [1.807, 2.05) is 23.6 Å². The molecule has 1 amide bonds. The van der Waals surface area contributed by atoms with Crippen LogP contribution in [0.3, 0.4) is 0 Å². The fourth-order valence-corrected chi connectivity index (χ4v) is 2.44. The number of nitrogens with zero attached hydrogens (tertiary/aromatic N) is 1. The van der Waals surface area contributed by atoms with Gasteiger partial charge < -0.3 is 15.7 Å². The van der Waals surface area contributed by atoms with Gasteiger partial charge in [-0.1, -0.05) is 13.0 Å². The number of anilines is 2. The molecule has 0 aliphatic rings. The average Bonchev–Trinajstić information content (AvgIpc) is 2.93. The van der Waals surface area contributed by atoms with Crippen molar-refractivity contribution >= 4 is 28.6 Å². The van der Waals surface area contributed by atoms with Crippen molar-refractivity contribution in [2.24, 2.45) is 0 Å². The van der Waals surface area contributed by atoms with Crippen molar-refractivity contribution in [3.05, 3.63) is 40.3 Å². The van der Waals surface area contributed by atoms with Crippen LogP contribution in [0.25, 0.3) is 0 Å². The first-order valence-electron chi connectivity index (χ1n) is 6.39. The molecule has 1 aromatic heterocycles. The van der Waals surface area contributed by atoms with Crippen LogP contribution in [0.15, 0.2) is 29.6 Å². The second kappa shape index (κ2) is 7.02. The Morgan fingerprint density at radius 2 is 2.20 bits per heavy atom. The molecule has 0 unspecified atom stereocenters. The number of carbonyl (C=O) groups excluding carboxylic acids is 1. The first-order chi connectivity index (χ1) is 9.71. The maximum atomic E-state index is 11.1. The lowest BCUT2D eigenvalue weighted by atomic mass is 10.2. The molecule has 3 N–H and O–H groups in total. The molecular formula is C14H17N3O2S. The van der Waals surface area contributed by atoms with E-state index in [0.717, 1.165) is 22.8 Å². The summed E-state index contributed by atoms with van der Waals surface area (Å²) in [6.07, 6.45) is 0.952. The van der Waals surface area contributed by atoms with Gasteiger partial charge in [-0.2, -0.15) is 0 Å². The highest BCUT2D eigenvalue weighted by molar-refractivity contribution is 7.09. The van der Waals surface area contributed by atoms with Gasteiger partial charge in [0.25, 0.3) is 0 Å². The summed E-state index contributed by atoms with van der Waals surface area (Å²) in [5.74, 6) is -0.422. The van der Waals surface area contributed by atoms with E-state index in [-0.39, 0.29) is 0 Å². The number of aliphatic hydroxyl groups excluding tert-OH is 1. The Hall–Kier alpha value is -1.92. The van der Waals surface area contributed by atoms with Crippen molar-refractivity contribution in [3.63, 3.8) is 0 Å². The van der Waals surface area contributed by atoms with Gasteiger partial charge >= 0.3 is 0 Å². The number of amides is 1. The van der Waals surface area contributed by atoms with E-state index >= 15 is 0 Å². The second-order valence-electron chi connectivity index (χ2n) is 4.23. The van der Waals surface area contributed by atoms with E-state index in [1.165, 1.54) is 0 Å². The van der Waals surface area contributed by atoms with Crippen molar-refractivity contribution in [2.75, 3.05) is 17.2 Å². The van der Waals surface area contributed by atoms with Crippen LogP contribution < -0.4 is 10.6 Å². The first kappa shape index (κ1) is 14.5.